The van der Waals surface area contributed by atoms with Crippen LogP contribution in [0.5, 0.6) is 0 Å². The Kier molecular flexibility index (Phi) is 6.26. The highest BCUT2D eigenvalue weighted by atomic mass is 19.1. The fourth-order valence-electron chi connectivity index (χ4n) is 3.63. The molecule has 0 saturated carbocycles. The number of hydrogen-bond donors (Lipinski definition) is 1. The van der Waals surface area contributed by atoms with Crippen molar-refractivity contribution in [2.75, 3.05) is 5.32 Å². The fraction of sp³-hybridized carbons (Fsp3) is 0.111. The molecule has 0 unspecified atom stereocenters. The molecule has 0 aliphatic heterocycles. The van der Waals surface area contributed by atoms with Crippen LogP contribution in [0, 0.1) is 19.7 Å². The van der Waals surface area contributed by atoms with E-state index in [0.717, 1.165) is 22.4 Å². The van der Waals surface area contributed by atoms with Crippen molar-refractivity contribution in [3.63, 3.8) is 0 Å². The Labute approximate surface area is 187 Å². The van der Waals surface area contributed by atoms with Gasteiger partial charge in [0.25, 0.3) is 5.91 Å². The fourth-order valence-corrected chi connectivity index (χ4v) is 3.63. The summed E-state index contributed by atoms with van der Waals surface area (Å²) >= 11 is 0. The molecule has 3 aromatic carbocycles. The number of carbonyl (C=O) groups excluding carboxylic acids is 1. The molecule has 0 fully saturated rings. The van der Waals surface area contributed by atoms with Gasteiger partial charge >= 0.3 is 0 Å². The molecule has 0 radical (unpaired) electrons. The van der Waals surface area contributed by atoms with Crippen molar-refractivity contribution in [2.24, 2.45) is 0 Å². The second-order valence-corrected chi connectivity index (χ2v) is 7.62. The minimum absolute atomic E-state index is 0.212. The van der Waals surface area contributed by atoms with Crippen molar-refractivity contribution in [3.8, 4) is 0 Å². The van der Waals surface area contributed by atoms with E-state index in [1.54, 1.807) is 10.7 Å². The molecule has 5 heteroatoms. The van der Waals surface area contributed by atoms with Crippen molar-refractivity contribution < 1.29 is 9.18 Å². The number of halogens is 1. The number of rotatable bonds is 6. The lowest BCUT2D eigenvalue weighted by molar-refractivity contribution is -0.111. The standard InChI is InChI=1S/C27H24FN3O/c1-19-26(20(2)31(30-19)18-22-12-9-15-24(28)16-22)29-27(32)25(23-13-7-4-8-14-23)17-21-10-5-3-6-11-21/h3-17H,18H2,1-2H3,(H,29,32)/b25-17-. The summed E-state index contributed by atoms with van der Waals surface area (Å²) in [6.07, 6.45) is 1.88. The molecule has 0 spiro atoms. The molecule has 0 saturated heterocycles. The Morgan fingerprint density at radius 3 is 2.34 bits per heavy atom. The van der Waals surface area contributed by atoms with Gasteiger partial charge in [0.2, 0.25) is 0 Å². The van der Waals surface area contributed by atoms with Crippen molar-refractivity contribution in [3.05, 3.63) is 119 Å². The SMILES string of the molecule is Cc1nn(Cc2cccc(F)c2)c(C)c1NC(=O)/C(=C\c1ccccc1)c1ccccc1. The Balaban J connectivity index is 1.64. The van der Waals surface area contributed by atoms with E-state index in [4.69, 9.17) is 0 Å². The third kappa shape index (κ3) is 4.83. The third-order valence-electron chi connectivity index (χ3n) is 5.28. The molecule has 160 valence electrons. The summed E-state index contributed by atoms with van der Waals surface area (Å²) in [7, 11) is 0. The molecule has 1 amide bonds. The molecule has 4 aromatic rings. The highest BCUT2D eigenvalue weighted by molar-refractivity contribution is 6.29. The van der Waals surface area contributed by atoms with Gasteiger partial charge in [-0.15, -0.1) is 0 Å². The molecule has 1 N–H and O–H groups in total. The molecular formula is C27H24FN3O. The number of nitrogens with zero attached hydrogens (tertiary/aromatic N) is 2. The first-order chi connectivity index (χ1) is 15.5. The van der Waals surface area contributed by atoms with Crippen molar-refractivity contribution in [1.82, 2.24) is 9.78 Å². The number of aromatic nitrogens is 2. The predicted molar refractivity (Wildman–Crippen MR) is 127 cm³/mol. The first-order valence-corrected chi connectivity index (χ1v) is 10.4. The average molecular weight is 426 g/mol. The van der Waals surface area contributed by atoms with Crippen LogP contribution in [0.1, 0.15) is 28.1 Å². The van der Waals surface area contributed by atoms with E-state index in [2.05, 4.69) is 10.4 Å². The van der Waals surface area contributed by atoms with Crippen LogP contribution in [-0.4, -0.2) is 15.7 Å². The minimum Gasteiger partial charge on any atom is -0.319 e. The van der Waals surface area contributed by atoms with Crippen LogP contribution < -0.4 is 5.32 Å². The molecule has 1 aromatic heterocycles. The summed E-state index contributed by atoms with van der Waals surface area (Å²) in [6.45, 7) is 4.18. The van der Waals surface area contributed by atoms with Gasteiger partial charge in [0.15, 0.2) is 0 Å². The number of benzene rings is 3. The van der Waals surface area contributed by atoms with Crippen molar-refractivity contribution in [1.29, 1.82) is 0 Å². The molecule has 4 nitrogen and oxygen atoms in total. The third-order valence-corrected chi connectivity index (χ3v) is 5.28. The smallest absolute Gasteiger partial charge is 0.256 e. The highest BCUT2D eigenvalue weighted by Gasteiger charge is 2.18. The predicted octanol–water partition coefficient (Wildman–Crippen LogP) is 5.87. The molecule has 0 bridgehead atoms. The number of hydrogen-bond acceptors (Lipinski definition) is 2. The Morgan fingerprint density at radius 2 is 1.66 bits per heavy atom. The maximum Gasteiger partial charge on any atom is 0.256 e. The van der Waals surface area contributed by atoms with Crippen LogP contribution in [0.2, 0.25) is 0 Å². The molecule has 0 aliphatic carbocycles. The van der Waals surface area contributed by atoms with Gasteiger partial charge in [-0.3, -0.25) is 9.48 Å². The summed E-state index contributed by atoms with van der Waals surface area (Å²) in [5, 5.41) is 7.61. The van der Waals surface area contributed by atoms with Crippen LogP contribution in [0.3, 0.4) is 0 Å². The highest BCUT2D eigenvalue weighted by Crippen LogP contribution is 2.25. The van der Waals surface area contributed by atoms with Gasteiger partial charge in [-0.05, 0) is 48.7 Å². The van der Waals surface area contributed by atoms with E-state index in [9.17, 15) is 9.18 Å². The second kappa shape index (κ2) is 9.43. The zero-order chi connectivity index (χ0) is 22.5. The second-order valence-electron chi connectivity index (χ2n) is 7.62. The summed E-state index contributed by atoms with van der Waals surface area (Å²) < 4.78 is 15.3. The number of amides is 1. The summed E-state index contributed by atoms with van der Waals surface area (Å²) in [5.41, 5.74) is 5.33. The Hall–Kier alpha value is -3.99. The normalized spacial score (nSPS) is 11.4. The first-order valence-electron chi connectivity index (χ1n) is 10.4. The summed E-state index contributed by atoms with van der Waals surface area (Å²) in [4.78, 5) is 13.4. The van der Waals surface area contributed by atoms with Crippen molar-refractivity contribution in [2.45, 2.75) is 20.4 Å². The van der Waals surface area contributed by atoms with Gasteiger partial charge in [-0.1, -0.05) is 72.8 Å². The van der Waals surface area contributed by atoms with E-state index in [0.29, 0.717) is 23.5 Å². The van der Waals surface area contributed by atoms with E-state index in [-0.39, 0.29) is 11.7 Å². The van der Waals surface area contributed by atoms with E-state index >= 15 is 0 Å². The average Bonchev–Trinajstić information content (AvgIpc) is 3.06. The molecule has 1 heterocycles. The topological polar surface area (TPSA) is 46.9 Å². The van der Waals surface area contributed by atoms with E-state index < -0.39 is 0 Å². The number of carbonyl (C=O) groups is 1. The minimum atomic E-state index is -0.281. The lowest BCUT2D eigenvalue weighted by Crippen LogP contribution is -2.15. The van der Waals surface area contributed by atoms with Gasteiger partial charge < -0.3 is 5.32 Å². The molecular weight excluding hydrogens is 401 g/mol. The monoisotopic (exact) mass is 425 g/mol. The zero-order valence-electron chi connectivity index (χ0n) is 18.0. The van der Waals surface area contributed by atoms with Crippen LogP contribution in [0.4, 0.5) is 10.1 Å². The van der Waals surface area contributed by atoms with Gasteiger partial charge in [0.1, 0.15) is 5.82 Å². The number of anilines is 1. The summed E-state index contributed by atoms with van der Waals surface area (Å²) in [5.74, 6) is -0.493. The van der Waals surface area contributed by atoms with Gasteiger partial charge in [-0.2, -0.15) is 5.10 Å². The largest absolute Gasteiger partial charge is 0.319 e. The van der Waals surface area contributed by atoms with Gasteiger partial charge in [0.05, 0.1) is 23.6 Å². The molecule has 4 rings (SSSR count). The summed E-state index contributed by atoms with van der Waals surface area (Å²) in [6, 6.07) is 25.8. The zero-order valence-corrected chi connectivity index (χ0v) is 18.0. The van der Waals surface area contributed by atoms with Crippen LogP contribution >= 0.6 is 0 Å². The number of nitrogens with one attached hydrogen (secondary N) is 1. The van der Waals surface area contributed by atoms with Crippen LogP contribution in [0.15, 0.2) is 84.9 Å². The lowest BCUT2D eigenvalue weighted by atomic mass is 10.0. The maximum atomic E-state index is 13.6. The van der Waals surface area contributed by atoms with E-state index in [1.807, 2.05) is 86.7 Å². The van der Waals surface area contributed by atoms with Crippen molar-refractivity contribution >= 4 is 23.2 Å². The van der Waals surface area contributed by atoms with Crippen LogP contribution in [-0.2, 0) is 11.3 Å². The number of aryl methyl sites for hydroxylation is 1. The Bertz CT molecular complexity index is 1260. The molecule has 0 aliphatic rings. The first kappa shape index (κ1) is 21.2. The Morgan fingerprint density at radius 1 is 0.969 bits per heavy atom. The molecule has 0 atom stereocenters. The quantitative estimate of drug-likeness (QED) is 0.310. The molecule has 32 heavy (non-hydrogen) atoms. The maximum absolute atomic E-state index is 13.6. The lowest BCUT2D eigenvalue weighted by Gasteiger charge is -2.11. The van der Waals surface area contributed by atoms with Crippen LogP contribution in [0.25, 0.3) is 11.6 Å². The van der Waals surface area contributed by atoms with E-state index in [1.165, 1.54) is 12.1 Å². The van der Waals surface area contributed by atoms with Gasteiger partial charge in [0, 0.05) is 5.57 Å². The van der Waals surface area contributed by atoms with Gasteiger partial charge in [-0.25, -0.2) is 4.39 Å².